The lowest BCUT2D eigenvalue weighted by Crippen LogP contribution is -2.33. The van der Waals surface area contributed by atoms with Crippen LogP contribution in [0.3, 0.4) is 0 Å². The van der Waals surface area contributed by atoms with Crippen molar-refractivity contribution in [3.05, 3.63) is 35.9 Å². The second-order valence-electron chi connectivity index (χ2n) is 4.21. The molecule has 1 aliphatic carbocycles. The fourth-order valence-electron chi connectivity index (χ4n) is 2.62. The summed E-state index contributed by atoms with van der Waals surface area (Å²) in [6.07, 6.45) is 2.98. The van der Waals surface area contributed by atoms with Crippen molar-refractivity contribution < 1.29 is 9.84 Å². The number of hydrogen-bond donors (Lipinski definition) is 1. The molecule has 1 saturated heterocycles. The molecule has 0 radical (unpaired) electrons. The fourth-order valence-corrected chi connectivity index (χ4v) is 2.62. The molecule has 1 aliphatic heterocycles. The summed E-state index contributed by atoms with van der Waals surface area (Å²) in [5.41, 5.74) is 0.789. The van der Waals surface area contributed by atoms with Crippen LogP contribution in [0.15, 0.2) is 30.3 Å². The van der Waals surface area contributed by atoms with Gasteiger partial charge in [0.2, 0.25) is 0 Å². The van der Waals surface area contributed by atoms with Gasteiger partial charge in [0, 0.05) is 0 Å². The summed E-state index contributed by atoms with van der Waals surface area (Å²) < 4.78 is 5.71. The lowest BCUT2D eigenvalue weighted by Gasteiger charge is -2.23. The summed E-state index contributed by atoms with van der Waals surface area (Å²) in [4.78, 5) is 0. The van der Waals surface area contributed by atoms with Gasteiger partial charge >= 0.3 is 0 Å². The van der Waals surface area contributed by atoms with Crippen molar-refractivity contribution in [2.75, 3.05) is 0 Å². The van der Waals surface area contributed by atoms with Crippen LogP contribution >= 0.6 is 0 Å². The van der Waals surface area contributed by atoms with Crippen LogP contribution in [0.4, 0.5) is 0 Å². The van der Waals surface area contributed by atoms with E-state index in [9.17, 15) is 5.11 Å². The predicted octanol–water partition coefficient (Wildman–Crippen LogP) is 1.83. The van der Waals surface area contributed by atoms with Gasteiger partial charge in [0.15, 0.2) is 0 Å². The Morgan fingerprint density at radius 3 is 2.71 bits per heavy atom. The third-order valence-corrected chi connectivity index (χ3v) is 3.42. The van der Waals surface area contributed by atoms with Gasteiger partial charge in [-0.15, -0.1) is 0 Å². The number of fused-ring (bicyclic) bond motifs is 1. The van der Waals surface area contributed by atoms with Crippen LogP contribution in [-0.4, -0.2) is 17.3 Å². The lowest BCUT2D eigenvalue weighted by molar-refractivity contribution is 0.0628. The zero-order chi connectivity index (χ0) is 9.60. The van der Waals surface area contributed by atoms with Gasteiger partial charge in [-0.1, -0.05) is 30.3 Å². The first kappa shape index (κ1) is 8.45. The van der Waals surface area contributed by atoms with Crippen LogP contribution < -0.4 is 0 Å². The predicted molar refractivity (Wildman–Crippen MR) is 52.9 cm³/mol. The first-order valence-electron chi connectivity index (χ1n) is 5.25. The Labute approximate surface area is 83.5 Å². The van der Waals surface area contributed by atoms with Crippen molar-refractivity contribution in [2.24, 2.45) is 0 Å². The van der Waals surface area contributed by atoms with Gasteiger partial charge in [0.1, 0.15) is 5.60 Å². The summed E-state index contributed by atoms with van der Waals surface area (Å²) in [7, 11) is 0. The Bertz CT molecular complexity index is 335. The zero-order valence-electron chi connectivity index (χ0n) is 8.02. The van der Waals surface area contributed by atoms with Crippen LogP contribution in [0.1, 0.15) is 24.8 Å². The molecule has 3 atom stereocenters. The van der Waals surface area contributed by atoms with Gasteiger partial charge in [-0.3, -0.25) is 0 Å². The van der Waals surface area contributed by atoms with Gasteiger partial charge in [-0.25, -0.2) is 0 Å². The van der Waals surface area contributed by atoms with Crippen LogP contribution in [0.25, 0.3) is 0 Å². The van der Waals surface area contributed by atoms with E-state index in [1.807, 2.05) is 18.2 Å². The largest absolute Gasteiger partial charge is 0.390 e. The molecule has 0 bridgehead atoms. The minimum absolute atomic E-state index is 0.258. The molecule has 74 valence electrons. The van der Waals surface area contributed by atoms with Crippen molar-refractivity contribution in [1.29, 1.82) is 0 Å². The lowest BCUT2D eigenvalue weighted by atomic mass is 9.81. The van der Waals surface area contributed by atoms with E-state index >= 15 is 0 Å². The van der Waals surface area contributed by atoms with Gasteiger partial charge in [-0.05, 0) is 24.8 Å². The molecule has 3 rings (SSSR count). The van der Waals surface area contributed by atoms with E-state index in [0.29, 0.717) is 0 Å². The average molecular weight is 190 g/mol. The molecular formula is C12H14O2. The average Bonchev–Trinajstić information content (AvgIpc) is 2.96. The second kappa shape index (κ2) is 2.81. The first-order chi connectivity index (χ1) is 6.84. The van der Waals surface area contributed by atoms with Gasteiger partial charge < -0.3 is 9.84 Å². The molecule has 0 unspecified atom stereocenters. The highest BCUT2D eigenvalue weighted by Crippen LogP contribution is 2.55. The summed E-state index contributed by atoms with van der Waals surface area (Å²) >= 11 is 0. The van der Waals surface area contributed by atoms with Crippen LogP contribution in [0.2, 0.25) is 0 Å². The quantitative estimate of drug-likeness (QED) is 0.685. The topological polar surface area (TPSA) is 32.8 Å². The smallest absolute Gasteiger partial charge is 0.145 e. The van der Waals surface area contributed by atoms with Crippen LogP contribution in [0.5, 0.6) is 0 Å². The van der Waals surface area contributed by atoms with Crippen molar-refractivity contribution in [2.45, 2.75) is 37.1 Å². The van der Waals surface area contributed by atoms with E-state index in [1.54, 1.807) is 0 Å². The molecule has 0 aromatic heterocycles. The van der Waals surface area contributed by atoms with E-state index < -0.39 is 0 Å². The van der Waals surface area contributed by atoms with E-state index in [2.05, 4.69) is 12.1 Å². The Kier molecular flexibility index (Phi) is 1.70. The van der Waals surface area contributed by atoms with Gasteiger partial charge in [0.05, 0.1) is 12.2 Å². The van der Waals surface area contributed by atoms with Crippen LogP contribution in [0, 0.1) is 0 Å². The standard InChI is InChI=1S/C12H14O2/c13-10-7-4-8-11-12(10,14-11)9-5-2-1-3-6-9/h1-3,5-6,10-11,13H,4,7-8H2/t10-,11+,12-/m1/s1. The number of rotatable bonds is 1. The molecule has 2 aliphatic rings. The van der Waals surface area contributed by atoms with Crippen molar-refractivity contribution in [3.63, 3.8) is 0 Å². The number of ether oxygens (including phenoxy) is 1. The third kappa shape index (κ3) is 0.983. The van der Waals surface area contributed by atoms with Crippen molar-refractivity contribution in [1.82, 2.24) is 0 Å². The van der Waals surface area contributed by atoms with Gasteiger partial charge in [-0.2, -0.15) is 0 Å². The van der Waals surface area contributed by atoms with Crippen molar-refractivity contribution >= 4 is 0 Å². The Morgan fingerprint density at radius 1 is 1.21 bits per heavy atom. The molecule has 2 heteroatoms. The third-order valence-electron chi connectivity index (χ3n) is 3.42. The fraction of sp³-hybridized carbons (Fsp3) is 0.500. The molecule has 2 fully saturated rings. The normalized spacial score (nSPS) is 40.4. The Balaban J connectivity index is 1.98. The molecule has 14 heavy (non-hydrogen) atoms. The maximum Gasteiger partial charge on any atom is 0.145 e. The molecule has 1 saturated carbocycles. The summed E-state index contributed by atoms with van der Waals surface area (Å²) in [5.74, 6) is 0. The highest BCUT2D eigenvalue weighted by Gasteiger charge is 2.63. The highest BCUT2D eigenvalue weighted by atomic mass is 16.6. The van der Waals surface area contributed by atoms with Crippen LogP contribution in [-0.2, 0) is 10.3 Å². The zero-order valence-corrected chi connectivity index (χ0v) is 8.02. The molecule has 1 N–H and O–H groups in total. The minimum Gasteiger partial charge on any atom is -0.390 e. The molecule has 2 nitrogen and oxygen atoms in total. The first-order valence-corrected chi connectivity index (χ1v) is 5.25. The molecule has 1 heterocycles. The number of epoxide rings is 1. The summed E-state index contributed by atoms with van der Waals surface area (Å²) in [6.45, 7) is 0. The molecule has 0 spiro atoms. The monoisotopic (exact) mass is 190 g/mol. The number of aliphatic hydroxyl groups excluding tert-OH is 1. The highest BCUT2D eigenvalue weighted by molar-refractivity contribution is 5.32. The number of hydrogen-bond acceptors (Lipinski definition) is 2. The molecule has 0 amide bonds. The summed E-state index contributed by atoms with van der Waals surface area (Å²) in [5, 5.41) is 10.00. The van der Waals surface area contributed by atoms with Crippen molar-refractivity contribution in [3.8, 4) is 0 Å². The maximum absolute atomic E-state index is 10.00. The minimum atomic E-state index is -0.348. The van der Waals surface area contributed by atoms with E-state index in [4.69, 9.17) is 4.74 Å². The van der Waals surface area contributed by atoms with Gasteiger partial charge in [0.25, 0.3) is 0 Å². The molecular weight excluding hydrogens is 176 g/mol. The molecule has 1 aromatic rings. The SMILES string of the molecule is O[C@@H]1CCC[C@@H]2O[C@]12c1ccccc1. The van der Waals surface area contributed by atoms with E-state index in [-0.39, 0.29) is 17.8 Å². The summed E-state index contributed by atoms with van der Waals surface area (Å²) in [6, 6.07) is 10.1. The van der Waals surface area contributed by atoms with E-state index in [1.165, 1.54) is 0 Å². The second-order valence-corrected chi connectivity index (χ2v) is 4.21. The Hall–Kier alpha value is -0.860. The maximum atomic E-state index is 10.00. The number of aliphatic hydroxyl groups is 1. The number of benzene rings is 1. The molecule has 1 aromatic carbocycles. The Morgan fingerprint density at radius 2 is 2.00 bits per heavy atom. The van der Waals surface area contributed by atoms with E-state index in [0.717, 1.165) is 24.8 Å².